The highest BCUT2D eigenvalue weighted by Gasteiger charge is 2.09. The number of methoxy groups -OCH3 is 1. The molecule has 0 amide bonds. The summed E-state index contributed by atoms with van der Waals surface area (Å²) in [5.41, 5.74) is 0.130. The molecule has 0 radical (unpaired) electrons. The van der Waals surface area contributed by atoms with Gasteiger partial charge in [0.1, 0.15) is 5.82 Å². The minimum atomic E-state index is -0.357. The Morgan fingerprint density at radius 1 is 1.50 bits per heavy atom. The van der Waals surface area contributed by atoms with Gasteiger partial charge >= 0.3 is 5.69 Å². The molecule has 0 saturated carbocycles. The van der Waals surface area contributed by atoms with Crippen LogP contribution in [0.3, 0.4) is 0 Å². The summed E-state index contributed by atoms with van der Waals surface area (Å²) in [7, 11) is 1.63. The number of hydrogen-bond donors (Lipinski definition) is 1. The molecule has 18 heavy (non-hydrogen) atoms. The fourth-order valence-corrected chi connectivity index (χ4v) is 1.81. The number of nitrogens with one attached hydrogen (secondary N) is 1. The predicted molar refractivity (Wildman–Crippen MR) is 68.4 cm³/mol. The van der Waals surface area contributed by atoms with Crippen molar-refractivity contribution in [3.05, 3.63) is 22.6 Å². The zero-order valence-corrected chi connectivity index (χ0v) is 10.7. The highest BCUT2D eigenvalue weighted by molar-refractivity contribution is 6.18. The van der Waals surface area contributed by atoms with Crippen LogP contribution in [0.25, 0.3) is 5.65 Å². The van der Waals surface area contributed by atoms with E-state index in [0.717, 1.165) is 0 Å². The Bertz CT molecular complexity index is 567. The number of rotatable bonds is 6. The number of nitrogens with zero attached hydrogens (tertiary/aromatic N) is 4. The van der Waals surface area contributed by atoms with Crippen molar-refractivity contribution in [3.63, 3.8) is 0 Å². The lowest BCUT2D eigenvalue weighted by Crippen LogP contribution is -2.31. The van der Waals surface area contributed by atoms with E-state index >= 15 is 0 Å². The molecule has 98 valence electrons. The molecule has 8 heteroatoms. The van der Waals surface area contributed by atoms with Crippen molar-refractivity contribution in [1.82, 2.24) is 19.8 Å². The lowest BCUT2D eigenvalue weighted by Gasteiger charge is -2.21. The maximum atomic E-state index is 11.4. The lowest BCUT2D eigenvalue weighted by molar-refractivity contribution is 0.205. The summed E-state index contributed by atoms with van der Waals surface area (Å²) in [4.78, 5) is 13.4. The van der Waals surface area contributed by atoms with Crippen LogP contribution in [0.1, 0.15) is 0 Å². The van der Waals surface area contributed by atoms with E-state index in [1.54, 1.807) is 19.2 Å². The third-order valence-corrected chi connectivity index (χ3v) is 2.67. The average molecular weight is 272 g/mol. The number of anilines is 1. The molecule has 0 aliphatic carbocycles. The highest BCUT2D eigenvalue weighted by Crippen LogP contribution is 2.10. The van der Waals surface area contributed by atoms with Gasteiger partial charge in [-0.25, -0.2) is 9.89 Å². The van der Waals surface area contributed by atoms with Gasteiger partial charge in [0, 0.05) is 26.1 Å². The first-order valence-corrected chi connectivity index (χ1v) is 6.04. The summed E-state index contributed by atoms with van der Waals surface area (Å²) >= 11 is 5.76. The minimum Gasteiger partial charge on any atom is -0.383 e. The van der Waals surface area contributed by atoms with Crippen molar-refractivity contribution in [2.75, 3.05) is 37.6 Å². The van der Waals surface area contributed by atoms with E-state index in [9.17, 15) is 4.79 Å². The molecule has 0 aliphatic heterocycles. The number of halogens is 1. The maximum absolute atomic E-state index is 11.4. The molecule has 0 bridgehead atoms. The van der Waals surface area contributed by atoms with Crippen LogP contribution in [0.15, 0.2) is 16.9 Å². The van der Waals surface area contributed by atoms with Crippen molar-refractivity contribution < 1.29 is 4.74 Å². The molecule has 0 aromatic carbocycles. The van der Waals surface area contributed by atoms with Crippen molar-refractivity contribution >= 4 is 23.1 Å². The van der Waals surface area contributed by atoms with E-state index < -0.39 is 0 Å². The fourth-order valence-electron chi connectivity index (χ4n) is 1.61. The molecule has 7 nitrogen and oxygen atoms in total. The number of H-pyrrole nitrogens is 1. The Morgan fingerprint density at radius 2 is 2.33 bits per heavy atom. The van der Waals surface area contributed by atoms with E-state index in [1.807, 2.05) is 4.90 Å². The van der Waals surface area contributed by atoms with Gasteiger partial charge in [-0.1, -0.05) is 0 Å². The van der Waals surface area contributed by atoms with Crippen LogP contribution in [0.5, 0.6) is 0 Å². The summed E-state index contributed by atoms with van der Waals surface area (Å²) in [6.07, 6.45) is 0. The zero-order valence-electron chi connectivity index (χ0n) is 9.97. The summed E-state index contributed by atoms with van der Waals surface area (Å²) in [6, 6.07) is 3.53. The smallest absolute Gasteiger partial charge is 0.364 e. The second kappa shape index (κ2) is 5.83. The molecule has 0 atom stereocenters. The van der Waals surface area contributed by atoms with Gasteiger partial charge in [0.05, 0.1) is 6.61 Å². The van der Waals surface area contributed by atoms with E-state index in [4.69, 9.17) is 16.3 Å². The lowest BCUT2D eigenvalue weighted by atomic mass is 10.4. The summed E-state index contributed by atoms with van der Waals surface area (Å²) in [5.74, 6) is 1.15. The van der Waals surface area contributed by atoms with Gasteiger partial charge in [0.2, 0.25) is 0 Å². The third-order valence-electron chi connectivity index (χ3n) is 2.50. The average Bonchev–Trinajstić information content (AvgIpc) is 2.76. The summed E-state index contributed by atoms with van der Waals surface area (Å²) in [5, 5.41) is 10.4. The van der Waals surface area contributed by atoms with Crippen LogP contribution in [0.4, 0.5) is 5.82 Å². The standard InChI is InChI=1S/C10H14ClN5O2/c1-18-7-6-15(5-4-11)9-3-2-8-12-13-10(17)16(8)14-9/h2-3H,4-7H2,1H3,(H,13,17). The molecule has 0 saturated heterocycles. The molecule has 2 aromatic rings. The van der Waals surface area contributed by atoms with Crippen LogP contribution in [-0.2, 0) is 4.74 Å². The van der Waals surface area contributed by atoms with Gasteiger partial charge in [0.15, 0.2) is 5.65 Å². The van der Waals surface area contributed by atoms with E-state index in [0.29, 0.717) is 37.0 Å². The Balaban J connectivity index is 2.30. The monoisotopic (exact) mass is 271 g/mol. The van der Waals surface area contributed by atoms with E-state index in [1.165, 1.54) is 4.52 Å². The summed E-state index contributed by atoms with van der Waals surface area (Å²) in [6.45, 7) is 1.86. The number of fused-ring (bicyclic) bond motifs is 1. The van der Waals surface area contributed by atoms with Crippen LogP contribution >= 0.6 is 11.6 Å². The third kappa shape index (κ3) is 2.62. The van der Waals surface area contributed by atoms with Gasteiger partial charge in [-0.15, -0.1) is 16.7 Å². The largest absolute Gasteiger partial charge is 0.383 e. The number of aromatic amines is 1. The molecule has 0 aliphatic rings. The second-order valence-corrected chi connectivity index (χ2v) is 4.04. The first-order valence-electron chi connectivity index (χ1n) is 5.50. The molecule has 0 spiro atoms. The molecular formula is C10H14ClN5O2. The van der Waals surface area contributed by atoms with Gasteiger partial charge in [-0.2, -0.15) is 9.61 Å². The van der Waals surface area contributed by atoms with E-state index in [2.05, 4.69) is 15.3 Å². The molecule has 2 aromatic heterocycles. The van der Waals surface area contributed by atoms with Gasteiger partial charge < -0.3 is 9.64 Å². The minimum absolute atomic E-state index is 0.357. The Hall–Kier alpha value is -1.60. The quantitative estimate of drug-likeness (QED) is 0.755. The van der Waals surface area contributed by atoms with Crippen LogP contribution in [0.2, 0.25) is 0 Å². The van der Waals surface area contributed by atoms with E-state index in [-0.39, 0.29) is 5.69 Å². The molecule has 0 fully saturated rings. The predicted octanol–water partition coefficient (Wildman–Crippen LogP) is 0.109. The fraction of sp³-hybridized carbons (Fsp3) is 0.500. The van der Waals surface area contributed by atoms with Crippen molar-refractivity contribution in [2.45, 2.75) is 0 Å². The Labute approximate surface area is 108 Å². The number of aromatic nitrogens is 4. The SMILES string of the molecule is COCCN(CCCl)c1ccc2n[nH]c(=O)n2n1. The molecule has 2 heterocycles. The van der Waals surface area contributed by atoms with Crippen molar-refractivity contribution in [3.8, 4) is 0 Å². The van der Waals surface area contributed by atoms with Gasteiger partial charge in [-0.3, -0.25) is 0 Å². The molecule has 1 N–H and O–H groups in total. The van der Waals surface area contributed by atoms with Crippen LogP contribution < -0.4 is 10.6 Å². The Morgan fingerprint density at radius 3 is 3.06 bits per heavy atom. The number of alkyl halides is 1. The van der Waals surface area contributed by atoms with Gasteiger partial charge in [-0.05, 0) is 12.1 Å². The molecular weight excluding hydrogens is 258 g/mol. The second-order valence-electron chi connectivity index (χ2n) is 3.66. The normalized spacial score (nSPS) is 11.0. The van der Waals surface area contributed by atoms with Crippen LogP contribution in [-0.4, -0.2) is 52.5 Å². The Kier molecular flexibility index (Phi) is 4.16. The highest BCUT2D eigenvalue weighted by atomic mass is 35.5. The van der Waals surface area contributed by atoms with Crippen LogP contribution in [0, 0.1) is 0 Å². The zero-order chi connectivity index (χ0) is 13.0. The van der Waals surface area contributed by atoms with Gasteiger partial charge in [0.25, 0.3) is 0 Å². The molecule has 0 unspecified atom stereocenters. The van der Waals surface area contributed by atoms with Crippen molar-refractivity contribution in [2.24, 2.45) is 0 Å². The van der Waals surface area contributed by atoms with Crippen molar-refractivity contribution in [1.29, 1.82) is 0 Å². The summed E-state index contributed by atoms with van der Waals surface area (Å²) < 4.78 is 6.26. The molecule has 2 rings (SSSR count). The topological polar surface area (TPSA) is 75.5 Å². The maximum Gasteiger partial charge on any atom is 0.364 e. The first-order chi connectivity index (χ1) is 8.76. The first kappa shape index (κ1) is 12.8. The number of ether oxygens (including phenoxy) is 1. The number of hydrogen-bond acceptors (Lipinski definition) is 5.